The number of hydrogen-bond acceptors (Lipinski definition) is 3. The predicted octanol–water partition coefficient (Wildman–Crippen LogP) is 1.30. The third-order valence-corrected chi connectivity index (χ3v) is 2.04. The van der Waals surface area contributed by atoms with Gasteiger partial charge in [0.25, 0.3) is 0 Å². The first-order valence-corrected chi connectivity index (χ1v) is 5.79. The molecule has 2 amide bonds. The molecule has 1 rings (SSSR count). The molecule has 2 atom stereocenters. The molecule has 2 N–H and O–H groups in total. The van der Waals surface area contributed by atoms with E-state index < -0.39 is 0 Å². The molecule has 0 bridgehead atoms. The molecule has 1 aliphatic heterocycles. The molecule has 5 nitrogen and oxygen atoms in total. The summed E-state index contributed by atoms with van der Waals surface area (Å²) >= 11 is 0. The third kappa shape index (κ3) is 4.37. The van der Waals surface area contributed by atoms with Crippen LogP contribution < -0.4 is 10.6 Å². The van der Waals surface area contributed by atoms with E-state index in [4.69, 9.17) is 9.47 Å². The minimum Gasteiger partial charge on any atom is -0.353 e. The summed E-state index contributed by atoms with van der Waals surface area (Å²) in [5.41, 5.74) is 0. The Labute approximate surface area is 96.9 Å². The summed E-state index contributed by atoms with van der Waals surface area (Å²) in [5, 5.41) is 5.37. The Morgan fingerprint density at radius 3 is 1.69 bits per heavy atom. The Morgan fingerprint density at radius 1 is 1.00 bits per heavy atom. The quantitative estimate of drug-likeness (QED) is 0.723. The van der Waals surface area contributed by atoms with Gasteiger partial charge in [-0.2, -0.15) is 0 Å². The standard InChI is InChI=1S/C11H22N2O3/c1-7(2)5-15-9-10(13-11(14)12-9)16-6-8(3)4/h7-10H,5-6H2,1-4H3,(H2,12,13,14). The van der Waals surface area contributed by atoms with Crippen molar-refractivity contribution in [1.29, 1.82) is 0 Å². The first-order valence-electron chi connectivity index (χ1n) is 5.79. The Bertz CT molecular complexity index is 209. The molecule has 0 radical (unpaired) electrons. The lowest BCUT2D eigenvalue weighted by Gasteiger charge is -2.21. The Kier molecular flexibility index (Phi) is 5.02. The van der Waals surface area contributed by atoms with Crippen molar-refractivity contribution in [2.45, 2.75) is 40.2 Å². The van der Waals surface area contributed by atoms with Crippen LogP contribution in [0.2, 0.25) is 0 Å². The maximum atomic E-state index is 11.2. The van der Waals surface area contributed by atoms with E-state index in [1.54, 1.807) is 0 Å². The number of amides is 2. The summed E-state index contributed by atoms with van der Waals surface area (Å²) < 4.78 is 11.1. The van der Waals surface area contributed by atoms with Gasteiger partial charge in [0.2, 0.25) is 0 Å². The van der Waals surface area contributed by atoms with Crippen molar-refractivity contribution in [2.75, 3.05) is 13.2 Å². The van der Waals surface area contributed by atoms with Crippen molar-refractivity contribution >= 4 is 6.03 Å². The highest BCUT2D eigenvalue weighted by molar-refractivity contribution is 5.76. The van der Waals surface area contributed by atoms with Crippen molar-refractivity contribution in [3.8, 4) is 0 Å². The van der Waals surface area contributed by atoms with Crippen molar-refractivity contribution in [3.05, 3.63) is 0 Å². The molecular formula is C11H22N2O3. The zero-order chi connectivity index (χ0) is 12.1. The van der Waals surface area contributed by atoms with Crippen molar-refractivity contribution in [2.24, 2.45) is 11.8 Å². The van der Waals surface area contributed by atoms with Gasteiger partial charge in [0.1, 0.15) is 0 Å². The van der Waals surface area contributed by atoms with Crippen molar-refractivity contribution in [3.63, 3.8) is 0 Å². The summed E-state index contributed by atoms with van der Waals surface area (Å²) in [4.78, 5) is 11.2. The second-order valence-electron chi connectivity index (χ2n) is 4.91. The van der Waals surface area contributed by atoms with E-state index in [0.717, 1.165) is 0 Å². The van der Waals surface area contributed by atoms with Crippen LogP contribution in [-0.4, -0.2) is 31.7 Å². The van der Waals surface area contributed by atoms with Gasteiger partial charge < -0.3 is 20.1 Å². The first-order chi connectivity index (χ1) is 7.49. The van der Waals surface area contributed by atoms with Crippen LogP contribution in [-0.2, 0) is 9.47 Å². The SMILES string of the molecule is CC(C)COC1NC(=O)NC1OCC(C)C. The van der Waals surface area contributed by atoms with Gasteiger partial charge >= 0.3 is 6.03 Å². The van der Waals surface area contributed by atoms with Crippen LogP contribution in [0, 0.1) is 11.8 Å². The molecule has 0 saturated carbocycles. The topological polar surface area (TPSA) is 59.6 Å². The van der Waals surface area contributed by atoms with Gasteiger partial charge in [-0.1, -0.05) is 27.7 Å². The molecular weight excluding hydrogens is 208 g/mol. The summed E-state index contributed by atoms with van der Waals surface area (Å²) in [7, 11) is 0. The molecule has 0 aromatic heterocycles. The number of hydrogen-bond donors (Lipinski definition) is 2. The van der Waals surface area contributed by atoms with E-state index in [-0.39, 0.29) is 18.5 Å². The first kappa shape index (κ1) is 13.3. The minimum atomic E-state index is -0.381. The highest BCUT2D eigenvalue weighted by atomic mass is 16.6. The minimum absolute atomic E-state index is 0.234. The maximum absolute atomic E-state index is 11.2. The summed E-state index contributed by atoms with van der Waals surface area (Å²) in [6.07, 6.45) is -0.762. The molecule has 94 valence electrons. The lowest BCUT2D eigenvalue weighted by molar-refractivity contribution is -0.0840. The van der Waals surface area contributed by atoms with Gasteiger partial charge in [-0.25, -0.2) is 4.79 Å². The lowest BCUT2D eigenvalue weighted by Crippen LogP contribution is -2.39. The van der Waals surface area contributed by atoms with Crippen LogP contribution in [0.3, 0.4) is 0 Å². The molecule has 0 aliphatic carbocycles. The van der Waals surface area contributed by atoms with Gasteiger partial charge in [-0.05, 0) is 11.8 Å². The molecule has 0 aromatic carbocycles. The van der Waals surface area contributed by atoms with E-state index in [1.807, 2.05) is 0 Å². The average molecular weight is 230 g/mol. The van der Waals surface area contributed by atoms with Gasteiger partial charge in [-0.3, -0.25) is 0 Å². The molecule has 1 aliphatic rings. The Hall–Kier alpha value is -0.810. The predicted molar refractivity (Wildman–Crippen MR) is 60.8 cm³/mol. The summed E-state index contributed by atoms with van der Waals surface area (Å²) in [6, 6.07) is -0.234. The largest absolute Gasteiger partial charge is 0.353 e. The number of ether oxygens (including phenoxy) is 2. The van der Waals surface area contributed by atoms with Crippen LogP contribution in [0.25, 0.3) is 0 Å². The van der Waals surface area contributed by atoms with Crippen LogP contribution in [0.15, 0.2) is 0 Å². The molecule has 1 heterocycles. The fraction of sp³-hybridized carbons (Fsp3) is 0.909. The molecule has 5 heteroatoms. The van der Waals surface area contributed by atoms with Gasteiger partial charge in [0.05, 0.1) is 13.2 Å². The number of rotatable bonds is 6. The van der Waals surface area contributed by atoms with E-state index in [9.17, 15) is 4.79 Å². The Morgan fingerprint density at radius 2 is 1.38 bits per heavy atom. The summed E-state index contributed by atoms with van der Waals surface area (Å²) in [6.45, 7) is 9.47. The van der Waals surface area contributed by atoms with E-state index in [1.165, 1.54) is 0 Å². The lowest BCUT2D eigenvalue weighted by atomic mass is 10.2. The van der Waals surface area contributed by atoms with Crippen molar-refractivity contribution in [1.82, 2.24) is 10.6 Å². The molecule has 1 fully saturated rings. The van der Waals surface area contributed by atoms with Gasteiger partial charge in [-0.15, -0.1) is 0 Å². The third-order valence-electron chi connectivity index (χ3n) is 2.04. The van der Waals surface area contributed by atoms with Crippen LogP contribution >= 0.6 is 0 Å². The van der Waals surface area contributed by atoms with Crippen molar-refractivity contribution < 1.29 is 14.3 Å². The van der Waals surface area contributed by atoms with Crippen LogP contribution in [0.1, 0.15) is 27.7 Å². The van der Waals surface area contributed by atoms with Crippen LogP contribution in [0.4, 0.5) is 4.79 Å². The fourth-order valence-electron chi connectivity index (χ4n) is 1.30. The molecule has 1 saturated heterocycles. The van der Waals surface area contributed by atoms with Crippen LogP contribution in [0.5, 0.6) is 0 Å². The number of nitrogens with one attached hydrogen (secondary N) is 2. The fourth-order valence-corrected chi connectivity index (χ4v) is 1.30. The zero-order valence-corrected chi connectivity index (χ0v) is 10.4. The number of carbonyl (C=O) groups is 1. The zero-order valence-electron chi connectivity index (χ0n) is 10.4. The second-order valence-corrected chi connectivity index (χ2v) is 4.91. The second kappa shape index (κ2) is 6.06. The smallest absolute Gasteiger partial charge is 0.319 e. The molecule has 0 spiro atoms. The number of carbonyl (C=O) groups excluding carboxylic acids is 1. The van der Waals surface area contributed by atoms with E-state index in [0.29, 0.717) is 25.0 Å². The average Bonchev–Trinajstić information content (AvgIpc) is 2.52. The van der Waals surface area contributed by atoms with Gasteiger partial charge in [0.15, 0.2) is 12.5 Å². The normalized spacial score (nSPS) is 25.0. The monoisotopic (exact) mass is 230 g/mol. The molecule has 0 aromatic rings. The molecule has 2 unspecified atom stereocenters. The Balaban J connectivity index is 2.37. The van der Waals surface area contributed by atoms with E-state index in [2.05, 4.69) is 38.3 Å². The maximum Gasteiger partial charge on any atom is 0.319 e. The summed E-state index contributed by atoms with van der Waals surface area (Å²) in [5.74, 6) is 0.867. The highest BCUT2D eigenvalue weighted by Gasteiger charge is 2.33. The molecule has 16 heavy (non-hydrogen) atoms. The number of urea groups is 1. The highest BCUT2D eigenvalue weighted by Crippen LogP contribution is 2.08. The van der Waals surface area contributed by atoms with E-state index >= 15 is 0 Å². The van der Waals surface area contributed by atoms with Gasteiger partial charge in [0, 0.05) is 0 Å².